The van der Waals surface area contributed by atoms with E-state index in [1.807, 2.05) is 0 Å². The van der Waals surface area contributed by atoms with E-state index in [4.69, 9.17) is 0 Å². The molecule has 0 bridgehead atoms. The Morgan fingerprint density at radius 1 is 1.25 bits per heavy atom. The third kappa shape index (κ3) is 3.33. The van der Waals surface area contributed by atoms with Gasteiger partial charge in [-0.3, -0.25) is 15.1 Å². The molecule has 0 aromatic carbocycles. The smallest absolute Gasteiger partial charge is 0.252 e. The number of nitrogens with one attached hydrogen (secondary N) is 2. The van der Waals surface area contributed by atoms with Crippen molar-refractivity contribution in [1.82, 2.24) is 10.6 Å². The first-order valence-corrected chi connectivity index (χ1v) is 8.07. The minimum absolute atomic E-state index is 0.129. The second-order valence-electron chi connectivity index (χ2n) is 7.18. The SMILES string of the molecule is CC(C)CN=C1NC(=O)C2(CCCC(C(C)C)CC2)N1. The summed E-state index contributed by atoms with van der Waals surface area (Å²) in [5.74, 6) is 2.79. The van der Waals surface area contributed by atoms with Crippen LogP contribution in [0.2, 0.25) is 0 Å². The van der Waals surface area contributed by atoms with E-state index in [2.05, 4.69) is 43.3 Å². The second kappa shape index (κ2) is 6.15. The highest BCUT2D eigenvalue weighted by atomic mass is 16.2. The van der Waals surface area contributed by atoms with Gasteiger partial charge < -0.3 is 5.32 Å². The lowest BCUT2D eigenvalue weighted by atomic mass is 9.86. The molecule has 1 spiro atoms. The Bertz CT molecular complexity index is 389. The van der Waals surface area contributed by atoms with Crippen molar-refractivity contribution in [1.29, 1.82) is 0 Å². The second-order valence-corrected chi connectivity index (χ2v) is 7.18. The zero-order valence-electron chi connectivity index (χ0n) is 13.3. The van der Waals surface area contributed by atoms with Crippen LogP contribution in [0.5, 0.6) is 0 Å². The van der Waals surface area contributed by atoms with E-state index < -0.39 is 0 Å². The fourth-order valence-electron chi connectivity index (χ4n) is 3.28. The van der Waals surface area contributed by atoms with Gasteiger partial charge in [-0.1, -0.05) is 40.5 Å². The van der Waals surface area contributed by atoms with Crippen LogP contribution >= 0.6 is 0 Å². The standard InChI is InChI=1S/C16H29N3O/c1-11(2)10-17-15-18-14(20)16(19-15)8-5-6-13(7-9-16)12(3)4/h11-13H,5-10H2,1-4H3,(H2,17,18,19,20). The van der Waals surface area contributed by atoms with Crippen molar-refractivity contribution in [3.63, 3.8) is 0 Å². The number of carbonyl (C=O) groups excluding carboxylic acids is 1. The van der Waals surface area contributed by atoms with Crippen LogP contribution in [0.25, 0.3) is 0 Å². The molecule has 0 aromatic rings. The summed E-state index contributed by atoms with van der Waals surface area (Å²) in [6.07, 6.45) is 5.37. The van der Waals surface area contributed by atoms with E-state index in [1.54, 1.807) is 0 Å². The monoisotopic (exact) mass is 279 g/mol. The zero-order valence-corrected chi connectivity index (χ0v) is 13.3. The Hall–Kier alpha value is -1.06. The first-order chi connectivity index (χ1) is 9.43. The first kappa shape index (κ1) is 15.3. The number of amides is 1. The molecule has 2 aliphatic rings. The van der Waals surface area contributed by atoms with Crippen LogP contribution in [0.1, 0.15) is 59.8 Å². The Labute approximate surface area is 122 Å². The Morgan fingerprint density at radius 2 is 2.00 bits per heavy atom. The predicted octanol–water partition coefficient (Wildman–Crippen LogP) is 2.69. The molecule has 1 heterocycles. The fourth-order valence-corrected chi connectivity index (χ4v) is 3.28. The molecule has 2 N–H and O–H groups in total. The minimum atomic E-state index is -0.389. The molecule has 2 fully saturated rings. The zero-order chi connectivity index (χ0) is 14.8. The highest BCUT2D eigenvalue weighted by Gasteiger charge is 2.45. The van der Waals surface area contributed by atoms with Crippen LogP contribution in [-0.4, -0.2) is 24.0 Å². The van der Waals surface area contributed by atoms with E-state index in [-0.39, 0.29) is 11.4 Å². The number of aliphatic imine (C=N–C) groups is 1. The third-order valence-electron chi connectivity index (χ3n) is 4.70. The number of carbonyl (C=O) groups is 1. The fraction of sp³-hybridized carbons (Fsp3) is 0.875. The molecule has 4 heteroatoms. The lowest BCUT2D eigenvalue weighted by Crippen LogP contribution is -2.46. The van der Waals surface area contributed by atoms with Crippen LogP contribution < -0.4 is 10.6 Å². The number of hydrogen-bond acceptors (Lipinski definition) is 2. The topological polar surface area (TPSA) is 53.5 Å². The largest absolute Gasteiger partial charge is 0.342 e. The highest BCUT2D eigenvalue weighted by molar-refractivity contribution is 6.09. The normalized spacial score (nSPS) is 32.8. The number of hydrogen-bond donors (Lipinski definition) is 2. The lowest BCUT2D eigenvalue weighted by Gasteiger charge is -2.25. The molecule has 1 saturated heterocycles. The van der Waals surface area contributed by atoms with Crippen LogP contribution in [0.3, 0.4) is 0 Å². The summed E-state index contributed by atoms with van der Waals surface area (Å²) in [5.41, 5.74) is -0.389. The first-order valence-electron chi connectivity index (χ1n) is 8.07. The summed E-state index contributed by atoms with van der Waals surface area (Å²) in [7, 11) is 0. The van der Waals surface area contributed by atoms with Gasteiger partial charge in [-0.05, 0) is 37.0 Å². The van der Waals surface area contributed by atoms with E-state index in [9.17, 15) is 4.79 Å². The molecule has 114 valence electrons. The van der Waals surface area contributed by atoms with Crippen molar-refractivity contribution in [3.05, 3.63) is 0 Å². The third-order valence-corrected chi connectivity index (χ3v) is 4.70. The van der Waals surface area contributed by atoms with Gasteiger partial charge in [0.05, 0.1) is 0 Å². The van der Waals surface area contributed by atoms with Crippen molar-refractivity contribution in [2.75, 3.05) is 6.54 Å². The molecule has 2 atom stereocenters. The van der Waals surface area contributed by atoms with Gasteiger partial charge in [-0.2, -0.15) is 0 Å². The molecule has 0 aromatic heterocycles. The highest BCUT2D eigenvalue weighted by Crippen LogP contribution is 2.35. The summed E-state index contributed by atoms with van der Waals surface area (Å²) in [6.45, 7) is 9.61. The Morgan fingerprint density at radius 3 is 2.65 bits per heavy atom. The molecule has 1 saturated carbocycles. The van der Waals surface area contributed by atoms with Crippen LogP contribution in [-0.2, 0) is 4.79 Å². The molecule has 1 amide bonds. The van der Waals surface area contributed by atoms with Gasteiger partial charge in [0, 0.05) is 6.54 Å². The van der Waals surface area contributed by atoms with Crippen LogP contribution in [0.4, 0.5) is 0 Å². The number of guanidine groups is 1. The van der Waals surface area contributed by atoms with Gasteiger partial charge in [0.1, 0.15) is 5.54 Å². The average molecular weight is 279 g/mol. The molecule has 2 unspecified atom stereocenters. The molecule has 1 aliphatic heterocycles. The van der Waals surface area contributed by atoms with Gasteiger partial charge >= 0.3 is 0 Å². The molecule has 20 heavy (non-hydrogen) atoms. The van der Waals surface area contributed by atoms with Crippen molar-refractivity contribution >= 4 is 11.9 Å². The van der Waals surface area contributed by atoms with E-state index in [0.29, 0.717) is 17.8 Å². The lowest BCUT2D eigenvalue weighted by molar-refractivity contribution is -0.124. The minimum Gasteiger partial charge on any atom is -0.342 e. The maximum atomic E-state index is 12.4. The van der Waals surface area contributed by atoms with Gasteiger partial charge in [-0.15, -0.1) is 0 Å². The summed E-state index contributed by atoms with van der Waals surface area (Å²) >= 11 is 0. The average Bonchev–Trinajstić information content (AvgIpc) is 2.56. The van der Waals surface area contributed by atoms with Gasteiger partial charge in [0.2, 0.25) is 0 Å². The maximum absolute atomic E-state index is 12.4. The molecular weight excluding hydrogens is 250 g/mol. The van der Waals surface area contributed by atoms with E-state index in [1.165, 1.54) is 6.42 Å². The molecular formula is C16H29N3O. The van der Waals surface area contributed by atoms with Gasteiger partial charge in [-0.25, -0.2) is 0 Å². The molecule has 4 nitrogen and oxygen atoms in total. The van der Waals surface area contributed by atoms with Crippen LogP contribution in [0.15, 0.2) is 4.99 Å². The Kier molecular flexibility index (Phi) is 4.71. The Balaban J connectivity index is 2.04. The molecule has 2 rings (SSSR count). The number of rotatable bonds is 3. The summed E-state index contributed by atoms with van der Waals surface area (Å²) in [4.78, 5) is 16.9. The summed E-state index contributed by atoms with van der Waals surface area (Å²) < 4.78 is 0. The van der Waals surface area contributed by atoms with Crippen molar-refractivity contribution in [2.45, 2.75) is 65.3 Å². The molecule has 1 aliphatic carbocycles. The van der Waals surface area contributed by atoms with Gasteiger partial charge in [0.15, 0.2) is 5.96 Å². The summed E-state index contributed by atoms with van der Waals surface area (Å²) in [6, 6.07) is 0. The van der Waals surface area contributed by atoms with Crippen molar-refractivity contribution < 1.29 is 4.79 Å². The van der Waals surface area contributed by atoms with Crippen molar-refractivity contribution in [2.24, 2.45) is 22.7 Å². The van der Waals surface area contributed by atoms with E-state index >= 15 is 0 Å². The van der Waals surface area contributed by atoms with E-state index in [0.717, 1.165) is 38.1 Å². The number of nitrogens with zero attached hydrogens (tertiary/aromatic N) is 1. The summed E-state index contributed by atoms with van der Waals surface area (Å²) in [5, 5.41) is 6.34. The van der Waals surface area contributed by atoms with Gasteiger partial charge in [0.25, 0.3) is 5.91 Å². The van der Waals surface area contributed by atoms with Crippen LogP contribution in [0, 0.1) is 17.8 Å². The predicted molar refractivity (Wildman–Crippen MR) is 82.6 cm³/mol. The molecule has 0 radical (unpaired) electrons. The quantitative estimate of drug-likeness (QED) is 0.834. The maximum Gasteiger partial charge on any atom is 0.252 e. The van der Waals surface area contributed by atoms with Crippen molar-refractivity contribution in [3.8, 4) is 0 Å².